The molecule has 2 atom stereocenters. The highest BCUT2D eigenvalue weighted by molar-refractivity contribution is 5.89. The molecule has 1 saturated carbocycles. The van der Waals surface area contributed by atoms with Gasteiger partial charge in [0.1, 0.15) is 5.75 Å². The maximum atomic E-state index is 12.4. The van der Waals surface area contributed by atoms with Gasteiger partial charge >= 0.3 is 0 Å². The number of benzene rings is 1. The molecule has 1 amide bonds. The Balaban J connectivity index is 1.82. The van der Waals surface area contributed by atoms with Crippen molar-refractivity contribution < 1.29 is 14.6 Å². The summed E-state index contributed by atoms with van der Waals surface area (Å²) in [5, 5.41) is 9.97. The maximum Gasteiger partial charge on any atom is 0.247 e. The molecule has 21 heavy (non-hydrogen) atoms. The highest BCUT2D eigenvalue weighted by Gasteiger charge is 2.34. The molecule has 1 aliphatic carbocycles. The number of rotatable bonds is 3. The van der Waals surface area contributed by atoms with Crippen molar-refractivity contribution in [3.05, 3.63) is 41.5 Å². The number of likely N-dealkylation sites (tertiary alicyclic amines) is 1. The maximum absolute atomic E-state index is 12.4. The molecule has 1 N–H and O–H groups in total. The van der Waals surface area contributed by atoms with E-state index in [0.717, 1.165) is 24.2 Å². The van der Waals surface area contributed by atoms with Crippen LogP contribution in [-0.2, 0) is 4.79 Å². The molecule has 0 bridgehead atoms. The molecule has 4 nitrogen and oxygen atoms in total. The van der Waals surface area contributed by atoms with E-state index in [1.165, 1.54) is 12.0 Å². The van der Waals surface area contributed by atoms with E-state index >= 15 is 0 Å². The van der Waals surface area contributed by atoms with Gasteiger partial charge in [-0.25, -0.2) is 0 Å². The Morgan fingerprint density at radius 1 is 1.43 bits per heavy atom. The van der Waals surface area contributed by atoms with Gasteiger partial charge in [-0.3, -0.25) is 4.79 Å². The number of hydrogen-bond donors (Lipinski definition) is 1. The van der Waals surface area contributed by atoms with Crippen LogP contribution in [0.3, 0.4) is 0 Å². The monoisotopic (exact) mass is 287 g/mol. The van der Waals surface area contributed by atoms with Crippen LogP contribution in [0.5, 0.6) is 5.75 Å². The van der Waals surface area contributed by atoms with Gasteiger partial charge in [0, 0.05) is 12.6 Å². The molecule has 3 rings (SSSR count). The summed E-state index contributed by atoms with van der Waals surface area (Å²) in [4.78, 5) is 14.2. The normalized spacial score (nSPS) is 24.7. The Morgan fingerprint density at radius 3 is 2.90 bits per heavy atom. The molecule has 1 aromatic rings. The van der Waals surface area contributed by atoms with Gasteiger partial charge in [0.2, 0.25) is 5.91 Å². The van der Waals surface area contributed by atoms with Crippen molar-refractivity contribution in [2.75, 3.05) is 13.7 Å². The van der Waals surface area contributed by atoms with Gasteiger partial charge in [0.05, 0.1) is 19.3 Å². The summed E-state index contributed by atoms with van der Waals surface area (Å²) in [6, 6.07) is 7.67. The van der Waals surface area contributed by atoms with Gasteiger partial charge in [-0.15, -0.1) is 0 Å². The lowest BCUT2D eigenvalue weighted by Crippen LogP contribution is -2.30. The summed E-state index contributed by atoms with van der Waals surface area (Å²) in [5.41, 5.74) is 2.25. The summed E-state index contributed by atoms with van der Waals surface area (Å²) in [6.07, 6.45) is 5.14. The quantitative estimate of drug-likeness (QED) is 0.869. The average Bonchev–Trinajstić information content (AvgIpc) is 2.85. The van der Waals surface area contributed by atoms with Crippen LogP contribution in [0, 0.1) is 0 Å². The van der Waals surface area contributed by atoms with Crippen LogP contribution >= 0.6 is 0 Å². The molecular formula is C17H21NO3. The molecule has 0 unspecified atom stereocenters. The number of methoxy groups -OCH3 is 1. The number of hydrogen-bond acceptors (Lipinski definition) is 3. The molecule has 1 heterocycles. The number of amides is 1. The van der Waals surface area contributed by atoms with Crippen molar-refractivity contribution in [2.45, 2.75) is 37.8 Å². The molecule has 1 saturated heterocycles. The lowest BCUT2D eigenvalue weighted by molar-refractivity contribution is -0.127. The summed E-state index contributed by atoms with van der Waals surface area (Å²) in [6.45, 7) is 0.407. The molecule has 0 spiro atoms. The second-order valence-electron chi connectivity index (χ2n) is 5.83. The molecule has 1 aromatic carbocycles. The van der Waals surface area contributed by atoms with Crippen molar-refractivity contribution in [3.8, 4) is 5.75 Å². The van der Waals surface area contributed by atoms with E-state index in [0.29, 0.717) is 13.0 Å². The van der Waals surface area contributed by atoms with E-state index in [9.17, 15) is 9.90 Å². The van der Waals surface area contributed by atoms with E-state index in [4.69, 9.17) is 4.74 Å². The zero-order chi connectivity index (χ0) is 14.8. The zero-order valence-corrected chi connectivity index (χ0v) is 12.3. The second kappa shape index (κ2) is 5.90. The summed E-state index contributed by atoms with van der Waals surface area (Å²) < 4.78 is 5.25. The Morgan fingerprint density at radius 2 is 2.24 bits per heavy atom. The number of allylic oxidation sites excluding steroid dienone is 1. The molecule has 2 aliphatic rings. The number of nitrogens with zero attached hydrogens (tertiary/aromatic N) is 1. The molecule has 112 valence electrons. The highest BCUT2D eigenvalue weighted by atomic mass is 16.5. The molecule has 2 fully saturated rings. The molecule has 4 heteroatoms. The molecule has 0 radical (unpaired) electrons. The fourth-order valence-corrected chi connectivity index (χ4v) is 3.00. The zero-order valence-electron chi connectivity index (χ0n) is 12.3. The first kappa shape index (κ1) is 14.1. The van der Waals surface area contributed by atoms with Crippen LogP contribution < -0.4 is 4.74 Å². The van der Waals surface area contributed by atoms with E-state index in [1.54, 1.807) is 18.1 Å². The summed E-state index contributed by atoms with van der Waals surface area (Å²) in [5.74, 6) is 0.799. The lowest BCUT2D eigenvalue weighted by atomic mass is 9.92. The summed E-state index contributed by atoms with van der Waals surface area (Å²) in [7, 11) is 1.63. The molecular weight excluding hydrogens is 266 g/mol. The minimum absolute atomic E-state index is 0.0223. The van der Waals surface area contributed by atoms with E-state index in [1.807, 2.05) is 24.3 Å². The Hall–Kier alpha value is -1.81. The Bertz CT molecular complexity index is 561. The van der Waals surface area contributed by atoms with Crippen molar-refractivity contribution in [2.24, 2.45) is 0 Å². The van der Waals surface area contributed by atoms with Gasteiger partial charge in [-0.05, 0) is 43.4 Å². The number of carbonyl (C=O) groups excluding carboxylic acids is 1. The first-order valence-corrected chi connectivity index (χ1v) is 7.49. The van der Waals surface area contributed by atoms with Crippen molar-refractivity contribution in [3.63, 3.8) is 0 Å². The third-order valence-corrected chi connectivity index (χ3v) is 4.36. The Kier molecular flexibility index (Phi) is 3.97. The number of ether oxygens (including phenoxy) is 1. The standard InChI is InChI=1S/C17H21NO3/c1-21-15-7-3-6-13(9-15)16-10-14(19)11-18(16)17(20)8-12-4-2-5-12/h3,6-9,14,16,19H,2,4-5,10-11H2,1H3/t14-,16-/m0/s1. The SMILES string of the molecule is COc1cccc([C@@H]2C[C@H](O)CN2C(=O)C=C2CCC2)c1. The van der Waals surface area contributed by atoms with Crippen LogP contribution in [-0.4, -0.2) is 35.7 Å². The van der Waals surface area contributed by atoms with Gasteiger partial charge < -0.3 is 14.7 Å². The van der Waals surface area contributed by atoms with E-state index < -0.39 is 6.10 Å². The van der Waals surface area contributed by atoms with Crippen LogP contribution in [0.15, 0.2) is 35.9 Å². The first-order valence-electron chi connectivity index (χ1n) is 7.49. The predicted molar refractivity (Wildman–Crippen MR) is 80.0 cm³/mol. The van der Waals surface area contributed by atoms with Crippen molar-refractivity contribution >= 4 is 5.91 Å². The topological polar surface area (TPSA) is 49.8 Å². The van der Waals surface area contributed by atoms with E-state index in [-0.39, 0.29) is 11.9 Å². The smallest absolute Gasteiger partial charge is 0.247 e. The highest BCUT2D eigenvalue weighted by Crippen LogP contribution is 2.34. The number of aliphatic hydroxyl groups is 1. The summed E-state index contributed by atoms with van der Waals surface area (Å²) >= 11 is 0. The molecule has 1 aliphatic heterocycles. The van der Waals surface area contributed by atoms with Crippen molar-refractivity contribution in [1.29, 1.82) is 0 Å². The first-order chi connectivity index (χ1) is 10.2. The van der Waals surface area contributed by atoms with Gasteiger partial charge in [-0.1, -0.05) is 17.7 Å². The lowest BCUT2D eigenvalue weighted by Gasteiger charge is -2.25. The molecule has 0 aromatic heterocycles. The Labute approximate surface area is 125 Å². The minimum atomic E-state index is -0.454. The van der Waals surface area contributed by atoms with Gasteiger partial charge in [0.15, 0.2) is 0 Å². The third kappa shape index (κ3) is 2.95. The minimum Gasteiger partial charge on any atom is -0.497 e. The number of carbonyl (C=O) groups is 1. The van der Waals surface area contributed by atoms with Crippen LogP contribution in [0.25, 0.3) is 0 Å². The third-order valence-electron chi connectivity index (χ3n) is 4.36. The predicted octanol–water partition coefficient (Wildman–Crippen LogP) is 2.44. The van der Waals surface area contributed by atoms with Gasteiger partial charge in [-0.2, -0.15) is 0 Å². The number of β-amino-alcohol motifs (C(OH)–C–C–N with tert-alkyl or cyclic N) is 1. The van der Waals surface area contributed by atoms with E-state index in [2.05, 4.69) is 0 Å². The van der Waals surface area contributed by atoms with Crippen molar-refractivity contribution in [1.82, 2.24) is 4.90 Å². The number of aliphatic hydroxyl groups excluding tert-OH is 1. The fraction of sp³-hybridized carbons (Fsp3) is 0.471. The average molecular weight is 287 g/mol. The van der Waals surface area contributed by atoms with Gasteiger partial charge in [0.25, 0.3) is 0 Å². The fourth-order valence-electron chi connectivity index (χ4n) is 3.00. The second-order valence-corrected chi connectivity index (χ2v) is 5.83. The van der Waals surface area contributed by atoms with Crippen LogP contribution in [0.4, 0.5) is 0 Å². The largest absolute Gasteiger partial charge is 0.497 e. The van der Waals surface area contributed by atoms with Crippen LogP contribution in [0.2, 0.25) is 0 Å². The van der Waals surface area contributed by atoms with Crippen LogP contribution in [0.1, 0.15) is 37.3 Å².